The number of carbonyl (C=O) groups is 1. The van der Waals surface area contributed by atoms with Crippen LogP contribution in [0.3, 0.4) is 0 Å². The zero-order chi connectivity index (χ0) is 14.5. The Morgan fingerprint density at radius 3 is 2.84 bits per heavy atom. The summed E-state index contributed by atoms with van der Waals surface area (Å²) < 4.78 is 29.5. The van der Waals surface area contributed by atoms with Crippen molar-refractivity contribution in [2.45, 2.75) is 18.9 Å². The molecule has 1 amide bonds. The lowest BCUT2D eigenvalue weighted by atomic mass is 9.98. The molecule has 0 aromatic rings. The third kappa shape index (κ3) is 5.85. The van der Waals surface area contributed by atoms with Crippen molar-refractivity contribution >= 4 is 15.9 Å². The van der Waals surface area contributed by atoms with Crippen molar-refractivity contribution in [3.63, 3.8) is 0 Å². The molecule has 3 N–H and O–H groups in total. The highest BCUT2D eigenvalue weighted by molar-refractivity contribution is 7.88. The number of methoxy groups -OCH3 is 1. The molecule has 1 saturated heterocycles. The van der Waals surface area contributed by atoms with Gasteiger partial charge < -0.3 is 15.4 Å². The molecule has 0 bridgehead atoms. The standard InChI is InChI=1S/C11H23N3O4S/c1-18-8-10(12)11(15)14-5-3-4-9(7-14)6-13-19(2,16)17/h9-10,13H,3-8,12H2,1-2H3. The minimum atomic E-state index is -3.18. The smallest absolute Gasteiger partial charge is 0.241 e. The zero-order valence-corrected chi connectivity index (χ0v) is 12.3. The van der Waals surface area contributed by atoms with Gasteiger partial charge in [0, 0.05) is 26.7 Å². The summed E-state index contributed by atoms with van der Waals surface area (Å²) in [6.07, 6.45) is 2.90. The van der Waals surface area contributed by atoms with Crippen molar-refractivity contribution in [3.05, 3.63) is 0 Å². The van der Waals surface area contributed by atoms with Crippen LogP contribution in [0.25, 0.3) is 0 Å². The van der Waals surface area contributed by atoms with Gasteiger partial charge in [0.15, 0.2) is 0 Å². The molecule has 2 unspecified atom stereocenters. The van der Waals surface area contributed by atoms with Gasteiger partial charge in [-0.15, -0.1) is 0 Å². The van der Waals surface area contributed by atoms with Crippen LogP contribution in [-0.2, 0) is 19.6 Å². The lowest BCUT2D eigenvalue weighted by Gasteiger charge is -2.34. The monoisotopic (exact) mass is 293 g/mol. The molecule has 0 aromatic carbocycles. The van der Waals surface area contributed by atoms with Crippen LogP contribution in [0, 0.1) is 5.92 Å². The highest BCUT2D eigenvalue weighted by Gasteiger charge is 2.27. The number of hydrogen-bond acceptors (Lipinski definition) is 5. The molecular formula is C11H23N3O4S. The minimum Gasteiger partial charge on any atom is -0.383 e. The normalized spacial score (nSPS) is 22.3. The number of nitrogens with one attached hydrogen (secondary N) is 1. The summed E-state index contributed by atoms with van der Waals surface area (Å²) in [5.41, 5.74) is 5.72. The van der Waals surface area contributed by atoms with Gasteiger partial charge in [0.05, 0.1) is 12.9 Å². The van der Waals surface area contributed by atoms with E-state index in [2.05, 4.69) is 4.72 Å². The summed E-state index contributed by atoms with van der Waals surface area (Å²) in [6.45, 7) is 1.77. The van der Waals surface area contributed by atoms with Crippen molar-refractivity contribution in [1.82, 2.24) is 9.62 Å². The van der Waals surface area contributed by atoms with E-state index in [0.29, 0.717) is 19.6 Å². The second kappa shape index (κ2) is 7.18. The Labute approximate surface area is 114 Å². The van der Waals surface area contributed by atoms with Crippen molar-refractivity contribution in [2.24, 2.45) is 11.7 Å². The van der Waals surface area contributed by atoms with Crippen molar-refractivity contribution in [2.75, 3.05) is 39.6 Å². The largest absolute Gasteiger partial charge is 0.383 e. The Bertz CT molecular complexity index is 399. The number of carbonyl (C=O) groups excluding carboxylic acids is 1. The Morgan fingerprint density at radius 2 is 2.26 bits per heavy atom. The maximum absolute atomic E-state index is 12.0. The van der Waals surface area contributed by atoms with E-state index in [0.717, 1.165) is 19.1 Å². The SMILES string of the molecule is COCC(N)C(=O)N1CCCC(CNS(C)(=O)=O)C1. The summed E-state index contributed by atoms with van der Waals surface area (Å²) in [5.74, 6) is 0.00748. The van der Waals surface area contributed by atoms with Gasteiger partial charge in [-0.2, -0.15) is 0 Å². The molecule has 0 aromatic heterocycles. The molecule has 0 aliphatic carbocycles. The molecule has 2 atom stereocenters. The maximum atomic E-state index is 12.0. The number of nitrogens with two attached hydrogens (primary N) is 1. The Balaban J connectivity index is 2.47. The van der Waals surface area contributed by atoms with E-state index in [1.54, 1.807) is 4.90 Å². The number of piperidine rings is 1. The van der Waals surface area contributed by atoms with E-state index in [1.807, 2.05) is 0 Å². The second-order valence-electron chi connectivity index (χ2n) is 4.97. The molecule has 0 radical (unpaired) electrons. The van der Waals surface area contributed by atoms with E-state index in [9.17, 15) is 13.2 Å². The van der Waals surface area contributed by atoms with Crippen LogP contribution >= 0.6 is 0 Å². The lowest BCUT2D eigenvalue weighted by Crippen LogP contribution is -2.51. The summed E-state index contributed by atoms with van der Waals surface area (Å²) in [5, 5.41) is 0. The van der Waals surface area contributed by atoms with Crippen molar-refractivity contribution < 1.29 is 17.9 Å². The quantitative estimate of drug-likeness (QED) is 0.637. The second-order valence-corrected chi connectivity index (χ2v) is 6.81. The van der Waals surface area contributed by atoms with Crippen LogP contribution in [0.2, 0.25) is 0 Å². The van der Waals surface area contributed by atoms with Gasteiger partial charge in [-0.05, 0) is 18.8 Å². The average Bonchev–Trinajstić information content (AvgIpc) is 2.35. The first-order chi connectivity index (χ1) is 8.83. The van der Waals surface area contributed by atoms with Gasteiger partial charge in [0.25, 0.3) is 0 Å². The van der Waals surface area contributed by atoms with E-state index >= 15 is 0 Å². The number of rotatable bonds is 6. The van der Waals surface area contributed by atoms with Crippen molar-refractivity contribution in [1.29, 1.82) is 0 Å². The molecule has 1 aliphatic rings. The van der Waals surface area contributed by atoms with E-state index in [-0.39, 0.29) is 18.4 Å². The number of ether oxygens (including phenoxy) is 1. The van der Waals surface area contributed by atoms with Gasteiger partial charge in [0.2, 0.25) is 15.9 Å². The number of amides is 1. The lowest BCUT2D eigenvalue weighted by molar-refractivity contribution is -0.135. The van der Waals surface area contributed by atoms with Gasteiger partial charge in [0.1, 0.15) is 6.04 Å². The number of hydrogen-bond donors (Lipinski definition) is 2. The molecule has 1 heterocycles. The fraction of sp³-hybridized carbons (Fsp3) is 0.909. The van der Waals surface area contributed by atoms with Crippen LogP contribution < -0.4 is 10.5 Å². The van der Waals surface area contributed by atoms with Crippen LogP contribution in [0.1, 0.15) is 12.8 Å². The predicted molar refractivity (Wildman–Crippen MR) is 72.0 cm³/mol. The maximum Gasteiger partial charge on any atom is 0.241 e. The van der Waals surface area contributed by atoms with E-state index < -0.39 is 16.1 Å². The first kappa shape index (κ1) is 16.4. The summed E-state index contributed by atoms with van der Waals surface area (Å²) in [7, 11) is -1.68. The van der Waals surface area contributed by atoms with Crippen LogP contribution in [0.4, 0.5) is 0 Å². The van der Waals surface area contributed by atoms with E-state index in [1.165, 1.54) is 7.11 Å². The summed E-state index contributed by atoms with van der Waals surface area (Å²) in [6, 6.07) is -0.647. The molecule has 1 rings (SSSR count). The van der Waals surface area contributed by atoms with Gasteiger partial charge >= 0.3 is 0 Å². The van der Waals surface area contributed by atoms with Gasteiger partial charge in [-0.3, -0.25) is 4.79 Å². The van der Waals surface area contributed by atoms with Gasteiger partial charge in [-0.1, -0.05) is 0 Å². The highest BCUT2D eigenvalue weighted by atomic mass is 32.2. The third-order valence-electron chi connectivity index (χ3n) is 3.13. The molecule has 0 saturated carbocycles. The topological polar surface area (TPSA) is 102 Å². The molecule has 112 valence electrons. The first-order valence-electron chi connectivity index (χ1n) is 6.31. The molecule has 1 fully saturated rings. The zero-order valence-electron chi connectivity index (χ0n) is 11.5. The Kier molecular flexibility index (Phi) is 6.18. The van der Waals surface area contributed by atoms with E-state index in [4.69, 9.17) is 10.5 Å². The van der Waals surface area contributed by atoms with Crippen molar-refractivity contribution in [3.8, 4) is 0 Å². The summed E-state index contributed by atoms with van der Waals surface area (Å²) >= 11 is 0. The third-order valence-corrected chi connectivity index (χ3v) is 3.82. The average molecular weight is 293 g/mol. The van der Waals surface area contributed by atoms with Gasteiger partial charge in [-0.25, -0.2) is 13.1 Å². The molecule has 7 nitrogen and oxygen atoms in total. The molecule has 8 heteroatoms. The molecular weight excluding hydrogens is 270 g/mol. The Morgan fingerprint density at radius 1 is 1.58 bits per heavy atom. The molecule has 0 spiro atoms. The fourth-order valence-corrected chi connectivity index (χ4v) is 2.72. The fourth-order valence-electron chi connectivity index (χ4n) is 2.19. The minimum absolute atomic E-state index is 0.133. The number of sulfonamides is 1. The highest BCUT2D eigenvalue weighted by Crippen LogP contribution is 2.16. The Hall–Kier alpha value is -0.700. The van der Waals surface area contributed by atoms with Crippen LogP contribution in [0.5, 0.6) is 0 Å². The predicted octanol–water partition coefficient (Wildman–Crippen LogP) is -1.25. The molecule has 19 heavy (non-hydrogen) atoms. The number of likely N-dealkylation sites (tertiary alicyclic amines) is 1. The van der Waals surface area contributed by atoms with Crippen LogP contribution in [-0.4, -0.2) is 64.9 Å². The molecule has 1 aliphatic heterocycles. The van der Waals surface area contributed by atoms with Crippen LogP contribution in [0.15, 0.2) is 0 Å². The number of nitrogens with zero attached hydrogens (tertiary/aromatic N) is 1. The first-order valence-corrected chi connectivity index (χ1v) is 8.20. The summed E-state index contributed by atoms with van der Waals surface area (Å²) in [4.78, 5) is 13.7.